The minimum atomic E-state index is -3.01. The third kappa shape index (κ3) is 3.28. The number of sulfone groups is 1. The van der Waals surface area contributed by atoms with E-state index >= 15 is 0 Å². The van der Waals surface area contributed by atoms with E-state index in [0.717, 1.165) is 30.5 Å². The van der Waals surface area contributed by atoms with Gasteiger partial charge in [-0.15, -0.1) is 0 Å². The van der Waals surface area contributed by atoms with Crippen LogP contribution in [0.3, 0.4) is 0 Å². The van der Waals surface area contributed by atoms with Crippen LogP contribution in [0.4, 0.5) is 5.82 Å². The van der Waals surface area contributed by atoms with Gasteiger partial charge >= 0.3 is 0 Å². The molecule has 2 aromatic rings. The SMILES string of the molecule is Cc1cc(NC(=O)C2CCCc3ccccc32)n(C2CCS(=O)(=O)C2)n1. The van der Waals surface area contributed by atoms with Crippen molar-refractivity contribution in [3.8, 4) is 0 Å². The molecule has 0 radical (unpaired) electrons. The zero-order chi connectivity index (χ0) is 18.3. The van der Waals surface area contributed by atoms with E-state index in [2.05, 4.69) is 16.5 Å². The van der Waals surface area contributed by atoms with Crippen molar-refractivity contribution in [2.75, 3.05) is 16.8 Å². The maximum absolute atomic E-state index is 13.0. The van der Waals surface area contributed by atoms with Crippen LogP contribution in [0.1, 0.15) is 48.0 Å². The lowest BCUT2D eigenvalue weighted by atomic mass is 9.82. The Morgan fingerprint density at radius 1 is 1.27 bits per heavy atom. The van der Waals surface area contributed by atoms with Crippen LogP contribution in [-0.4, -0.2) is 35.6 Å². The molecule has 6 nitrogen and oxygen atoms in total. The summed E-state index contributed by atoms with van der Waals surface area (Å²) in [6.45, 7) is 1.85. The molecule has 2 heterocycles. The van der Waals surface area contributed by atoms with Gasteiger partial charge in [-0.2, -0.15) is 5.10 Å². The van der Waals surface area contributed by atoms with Crippen LogP contribution in [-0.2, 0) is 21.1 Å². The number of anilines is 1. The summed E-state index contributed by atoms with van der Waals surface area (Å²) in [5.74, 6) is 0.649. The van der Waals surface area contributed by atoms with E-state index in [9.17, 15) is 13.2 Å². The highest BCUT2D eigenvalue weighted by atomic mass is 32.2. The Bertz CT molecular complexity index is 949. The van der Waals surface area contributed by atoms with Crippen LogP contribution in [0, 0.1) is 6.92 Å². The number of hydrogen-bond acceptors (Lipinski definition) is 4. The topological polar surface area (TPSA) is 81.1 Å². The van der Waals surface area contributed by atoms with Crippen LogP contribution in [0.5, 0.6) is 0 Å². The number of aryl methyl sites for hydroxylation is 2. The zero-order valence-electron chi connectivity index (χ0n) is 14.8. The number of carbonyl (C=O) groups is 1. The number of rotatable bonds is 3. The van der Waals surface area contributed by atoms with E-state index in [0.29, 0.717) is 12.2 Å². The van der Waals surface area contributed by atoms with Crippen molar-refractivity contribution < 1.29 is 13.2 Å². The van der Waals surface area contributed by atoms with E-state index in [1.165, 1.54) is 5.56 Å². The molecule has 1 aliphatic carbocycles. The fourth-order valence-corrected chi connectivity index (χ4v) is 5.79. The minimum absolute atomic E-state index is 0.0424. The first-order chi connectivity index (χ1) is 12.4. The summed E-state index contributed by atoms with van der Waals surface area (Å²) in [4.78, 5) is 13.0. The van der Waals surface area contributed by atoms with E-state index in [4.69, 9.17) is 0 Å². The second-order valence-corrected chi connectivity index (χ2v) is 9.53. The highest BCUT2D eigenvalue weighted by Crippen LogP contribution is 2.33. The van der Waals surface area contributed by atoms with E-state index in [1.54, 1.807) is 4.68 Å². The average molecular weight is 373 g/mol. The molecule has 7 heteroatoms. The first kappa shape index (κ1) is 17.3. The van der Waals surface area contributed by atoms with Crippen molar-refractivity contribution in [1.82, 2.24) is 9.78 Å². The number of aromatic nitrogens is 2. The number of fused-ring (bicyclic) bond motifs is 1. The Hall–Kier alpha value is -2.15. The van der Waals surface area contributed by atoms with Crippen LogP contribution >= 0.6 is 0 Å². The van der Waals surface area contributed by atoms with Gasteiger partial charge in [-0.3, -0.25) is 4.79 Å². The predicted octanol–water partition coefficient (Wildman–Crippen LogP) is 2.61. The summed E-state index contributed by atoms with van der Waals surface area (Å²) < 4.78 is 25.3. The van der Waals surface area contributed by atoms with Gasteiger partial charge in [0.25, 0.3) is 0 Å². The van der Waals surface area contributed by atoms with Gasteiger partial charge in [0.05, 0.1) is 29.2 Å². The summed E-state index contributed by atoms with van der Waals surface area (Å²) in [6, 6.07) is 9.72. The minimum Gasteiger partial charge on any atom is -0.310 e. The maximum atomic E-state index is 13.0. The Labute approximate surface area is 153 Å². The second kappa shape index (κ2) is 6.54. The van der Waals surface area contributed by atoms with Crippen molar-refractivity contribution in [2.45, 2.75) is 44.6 Å². The third-order valence-corrected chi connectivity index (χ3v) is 7.10. The largest absolute Gasteiger partial charge is 0.310 e. The van der Waals surface area contributed by atoms with Gasteiger partial charge in [-0.05, 0) is 43.7 Å². The van der Waals surface area contributed by atoms with Gasteiger partial charge in [0.2, 0.25) is 5.91 Å². The lowest BCUT2D eigenvalue weighted by Gasteiger charge is -2.25. The standard InChI is InChI=1S/C19H23N3O3S/c1-13-11-18(22(21-13)15-9-10-26(24,25)12-15)20-19(23)17-8-4-6-14-5-2-3-7-16(14)17/h2-3,5,7,11,15,17H,4,6,8-10,12H2,1H3,(H,20,23). The summed E-state index contributed by atoms with van der Waals surface area (Å²) in [5, 5.41) is 7.45. The molecular formula is C19H23N3O3S. The molecule has 1 saturated heterocycles. The molecular weight excluding hydrogens is 350 g/mol. The molecule has 2 aliphatic rings. The van der Waals surface area contributed by atoms with Crippen LogP contribution in [0.15, 0.2) is 30.3 Å². The first-order valence-corrected chi connectivity index (χ1v) is 10.9. The average Bonchev–Trinajstić information content (AvgIpc) is 3.16. The monoisotopic (exact) mass is 373 g/mol. The molecule has 2 unspecified atom stereocenters. The second-order valence-electron chi connectivity index (χ2n) is 7.31. The Balaban J connectivity index is 1.58. The summed E-state index contributed by atoms with van der Waals surface area (Å²) in [5.41, 5.74) is 3.11. The van der Waals surface area contributed by atoms with Crippen molar-refractivity contribution in [3.63, 3.8) is 0 Å². The van der Waals surface area contributed by atoms with Crippen LogP contribution in [0.2, 0.25) is 0 Å². The Morgan fingerprint density at radius 3 is 2.85 bits per heavy atom. The van der Waals surface area contributed by atoms with E-state index < -0.39 is 9.84 Å². The number of benzene rings is 1. The molecule has 0 bridgehead atoms. The summed E-state index contributed by atoms with van der Waals surface area (Å²) in [7, 11) is -3.01. The predicted molar refractivity (Wildman–Crippen MR) is 100 cm³/mol. The molecule has 1 fully saturated rings. The number of hydrogen-bond donors (Lipinski definition) is 1. The maximum Gasteiger partial charge on any atom is 0.233 e. The molecule has 0 spiro atoms. The fraction of sp³-hybridized carbons (Fsp3) is 0.474. The van der Waals surface area contributed by atoms with Crippen molar-refractivity contribution in [3.05, 3.63) is 47.2 Å². The molecule has 1 amide bonds. The quantitative estimate of drug-likeness (QED) is 0.897. The Morgan fingerprint density at radius 2 is 2.08 bits per heavy atom. The molecule has 0 saturated carbocycles. The lowest BCUT2D eigenvalue weighted by Crippen LogP contribution is -2.26. The molecule has 138 valence electrons. The molecule has 26 heavy (non-hydrogen) atoms. The highest BCUT2D eigenvalue weighted by molar-refractivity contribution is 7.91. The molecule has 1 aromatic heterocycles. The molecule has 1 aliphatic heterocycles. The molecule has 1 N–H and O–H groups in total. The third-order valence-electron chi connectivity index (χ3n) is 5.35. The summed E-state index contributed by atoms with van der Waals surface area (Å²) in [6.07, 6.45) is 3.37. The van der Waals surface area contributed by atoms with Gasteiger partial charge in [0.1, 0.15) is 5.82 Å². The van der Waals surface area contributed by atoms with Crippen molar-refractivity contribution in [2.24, 2.45) is 0 Å². The number of nitrogens with one attached hydrogen (secondary N) is 1. The number of amides is 1. The molecule has 4 rings (SSSR count). The zero-order valence-corrected chi connectivity index (χ0v) is 15.6. The number of nitrogens with zero attached hydrogens (tertiary/aromatic N) is 2. The van der Waals surface area contributed by atoms with Gasteiger partial charge in [-0.1, -0.05) is 24.3 Å². The van der Waals surface area contributed by atoms with Gasteiger partial charge < -0.3 is 5.32 Å². The van der Waals surface area contributed by atoms with Crippen molar-refractivity contribution in [1.29, 1.82) is 0 Å². The van der Waals surface area contributed by atoms with Crippen LogP contribution in [0.25, 0.3) is 0 Å². The van der Waals surface area contributed by atoms with E-state index in [1.807, 2.05) is 31.2 Å². The van der Waals surface area contributed by atoms with E-state index in [-0.39, 0.29) is 29.4 Å². The molecule has 1 aromatic carbocycles. The lowest BCUT2D eigenvalue weighted by molar-refractivity contribution is -0.117. The smallest absolute Gasteiger partial charge is 0.233 e. The van der Waals surface area contributed by atoms with Crippen LogP contribution < -0.4 is 5.32 Å². The van der Waals surface area contributed by atoms with Gasteiger partial charge in [-0.25, -0.2) is 13.1 Å². The number of carbonyl (C=O) groups excluding carboxylic acids is 1. The normalized spacial score (nSPS) is 24.2. The van der Waals surface area contributed by atoms with Crippen molar-refractivity contribution >= 4 is 21.6 Å². The molecule has 2 atom stereocenters. The first-order valence-electron chi connectivity index (χ1n) is 9.08. The van der Waals surface area contributed by atoms with Gasteiger partial charge in [0, 0.05) is 6.07 Å². The fourth-order valence-electron chi connectivity index (χ4n) is 4.10. The highest BCUT2D eigenvalue weighted by Gasteiger charge is 2.32. The Kier molecular flexibility index (Phi) is 4.34. The van der Waals surface area contributed by atoms with Gasteiger partial charge in [0.15, 0.2) is 9.84 Å². The summed E-state index contributed by atoms with van der Waals surface area (Å²) >= 11 is 0.